The number of pyridine rings is 1. The second-order valence-electron chi connectivity index (χ2n) is 9.28. The zero-order valence-corrected chi connectivity index (χ0v) is 19.4. The van der Waals surface area contributed by atoms with Crippen LogP contribution in [0.15, 0.2) is 32.8 Å². The highest BCUT2D eigenvalue weighted by Gasteiger charge is 2.36. The van der Waals surface area contributed by atoms with Crippen LogP contribution in [0.1, 0.15) is 56.0 Å². The molecule has 2 unspecified atom stereocenters. The Labute approximate surface area is 193 Å². The van der Waals surface area contributed by atoms with E-state index in [1.807, 2.05) is 23.7 Å². The van der Waals surface area contributed by atoms with Gasteiger partial charge < -0.3 is 19.2 Å². The molecule has 10 heteroatoms. The Bertz CT molecular complexity index is 1430. The van der Waals surface area contributed by atoms with Crippen LogP contribution in [0.25, 0.3) is 10.9 Å². The lowest BCUT2D eigenvalue weighted by molar-refractivity contribution is -0.0705. The molecule has 1 aromatic carbocycles. The van der Waals surface area contributed by atoms with Gasteiger partial charge >= 0.3 is 0 Å². The second kappa shape index (κ2) is 7.26. The average Bonchev–Trinajstić information content (AvgIpc) is 3.34. The molecule has 9 nitrogen and oxygen atoms in total. The topological polar surface area (TPSA) is 111 Å². The number of ether oxygens (including phenoxy) is 3. The summed E-state index contributed by atoms with van der Waals surface area (Å²) in [6, 6.07) is 5.53. The first-order chi connectivity index (χ1) is 15.8. The molecule has 3 aliphatic rings. The van der Waals surface area contributed by atoms with Crippen molar-refractivity contribution in [2.75, 3.05) is 13.4 Å². The zero-order valence-electron chi connectivity index (χ0n) is 18.6. The van der Waals surface area contributed by atoms with Crippen molar-refractivity contribution in [1.29, 1.82) is 0 Å². The third-order valence-electron chi connectivity index (χ3n) is 6.43. The molecular formula is C23H24N4O5S. The highest BCUT2D eigenvalue weighted by Crippen LogP contribution is 2.45. The molecule has 0 amide bonds. The van der Waals surface area contributed by atoms with Gasteiger partial charge in [0.2, 0.25) is 6.79 Å². The van der Waals surface area contributed by atoms with Crippen molar-refractivity contribution in [3.05, 3.63) is 50.0 Å². The number of nitrogens with one attached hydrogen (secondary N) is 2. The lowest BCUT2D eigenvalue weighted by atomic mass is 9.94. The van der Waals surface area contributed by atoms with Gasteiger partial charge in [-0.25, -0.2) is 4.99 Å². The van der Waals surface area contributed by atoms with Crippen molar-refractivity contribution in [3.63, 3.8) is 0 Å². The number of nitrogens with zero attached hydrogens (tertiary/aromatic N) is 2. The first kappa shape index (κ1) is 20.6. The quantitative estimate of drug-likeness (QED) is 0.593. The smallest absolute Gasteiger partial charge is 0.271 e. The molecule has 1 saturated heterocycles. The van der Waals surface area contributed by atoms with E-state index in [4.69, 9.17) is 19.2 Å². The summed E-state index contributed by atoms with van der Waals surface area (Å²) >= 11 is 1.42. The number of H-pyrrole nitrogens is 2. The van der Waals surface area contributed by atoms with Crippen molar-refractivity contribution in [2.24, 2.45) is 4.99 Å². The normalized spacial score (nSPS) is 23.4. The monoisotopic (exact) mass is 468 g/mol. The maximum Gasteiger partial charge on any atom is 0.271 e. The van der Waals surface area contributed by atoms with Crippen LogP contribution in [0.5, 0.6) is 11.5 Å². The van der Waals surface area contributed by atoms with E-state index in [-0.39, 0.29) is 29.6 Å². The van der Waals surface area contributed by atoms with Crippen LogP contribution < -0.4 is 20.6 Å². The number of hydrogen-bond acceptors (Lipinski definition) is 7. The van der Waals surface area contributed by atoms with E-state index < -0.39 is 5.25 Å². The lowest BCUT2D eigenvalue weighted by Crippen LogP contribution is -2.35. The second-order valence-corrected chi connectivity index (χ2v) is 10.6. The number of rotatable bonds is 2. The van der Waals surface area contributed by atoms with E-state index in [0.717, 1.165) is 23.3 Å². The van der Waals surface area contributed by atoms with E-state index in [1.54, 1.807) is 6.07 Å². The number of benzene rings is 1. The maximum absolute atomic E-state index is 13.2. The van der Waals surface area contributed by atoms with Crippen molar-refractivity contribution >= 4 is 33.5 Å². The van der Waals surface area contributed by atoms with Gasteiger partial charge in [-0.3, -0.25) is 19.4 Å². The molecule has 0 bridgehead atoms. The van der Waals surface area contributed by atoms with Gasteiger partial charge in [0.1, 0.15) is 0 Å². The van der Waals surface area contributed by atoms with Gasteiger partial charge in [-0.05, 0) is 45.7 Å². The van der Waals surface area contributed by atoms with Crippen LogP contribution in [-0.4, -0.2) is 38.8 Å². The molecule has 0 saturated carbocycles. The molecule has 2 N–H and O–H groups in total. The maximum atomic E-state index is 13.2. The van der Waals surface area contributed by atoms with Gasteiger partial charge in [0, 0.05) is 23.6 Å². The summed E-state index contributed by atoms with van der Waals surface area (Å²) in [6.07, 6.45) is 1.55. The molecule has 0 spiro atoms. The third-order valence-corrected chi connectivity index (χ3v) is 7.59. The number of aromatic nitrogens is 3. The standard InChI is InChI=1S/C23H24N4O5S/c1-11-24-20-18(22(29)26-27(20)13-4-5-32-23(2,3)9-13)19(33-11)14-6-12-7-16-17(31-10-30-16)8-15(12)25-21(14)28/h6-8,13,19H,4-5,9-10H2,1-3H3,(H,25,28)(H,26,29). The Hall–Kier alpha value is -2.98. The fraction of sp³-hybridized carbons (Fsp3) is 0.435. The molecule has 2 aromatic heterocycles. The molecule has 33 heavy (non-hydrogen) atoms. The number of fused-ring (bicyclic) bond motifs is 3. The van der Waals surface area contributed by atoms with Crippen LogP contribution >= 0.6 is 11.8 Å². The minimum absolute atomic E-state index is 0.0696. The Kier molecular flexibility index (Phi) is 4.54. The molecule has 6 rings (SSSR count). The van der Waals surface area contributed by atoms with Gasteiger partial charge in [-0.15, -0.1) is 0 Å². The fourth-order valence-electron chi connectivity index (χ4n) is 4.92. The minimum Gasteiger partial charge on any atom is -0.454 e. The van der Waals surface area contributed by atoms with Crippen molar-refractivity contribution < 1.29 is 14.2 Å². The minimum atomic E-state index is -0.464. The Morgan fingerprint density at radius 3 is 2.73 bits per heavy atom. The Balaban J connectivity index is 1.48. The summed E-state index contributed by atoms with van der Waals surface area (Å²) in [5.41, 5.74) is 0.959. The summed E-state index contributed by atoms with van der Waals surface area (Å²) in [5, 5.41) is 4.17. The van der Waals surface area contributed by atoms with Crippen LogP contribution in [-0.2, 0) is 4.74 Å². The molecule has 5 heterocycles. The molecule has 2 atom stereocenters. The van der Waals surface area contributed by atoms with Crippen molar-refractivity contribution in [1.82, 2.24) is 14.8 Å². The predicted molar refractivity (Wildman–Crippen MR) is 126 cm³/mol. The van der Waals surface area contributed by atoms with Crippen LogP contribution in [0.4, 0.5) is 5.82 Å². The first-order valence-corrected chi connectivity index (χ1v) is 11.8. The highest BCUT2D eigenvalue weighted by molar-refractivity contribution is 8.14. The molecule has 172 valence electrons. The number of hydrogen-bond donors (Lipinski definition) is 2. The Morgan fingerprint density at radius 2 is 1.94 bits per heavy atom. The van der Waals surface area contributed by atoms with E-state index in [9.17, 15) is 9.59 Å². The van der Waals surface area contributed by atoms with Gasteiger partial charge in [-0.2, -0.15) is 0 Å². The summed E-state index contributed by atoms with van der Waals surface area (Å²) in [6.45, 7) is 6.80. The van der Waals surface area contributed by atoms with Gasteiger partial charge in [-0.1, -0.05) is 11.8 Å². The van der Waals surface area contributed by atoms with E-state index in [1.165, 1.54) is 11.8 Å². The largest absolute Gasteiger partial charge is 0.454 e. The van der Waals surface area contributed by atoms with Crippen LogP contribution in [0.2, 0.25) is 0 Å². The number of aromatic amines is 2. The molecule has 0 radical (unpaired) electrons. The predicted octanol–water partition coefficient (Wildman–Crippen LogP) is 3.76. The average molecular weight is 469 g/mol. The molecule has 3 aliphatic heterocycles. The number of thioether (sulfide) groups is 1. The van der Waals surface area contributed by atoms with Gasteiger partial charge in [0.15, 0.2) is 17.3 Å². The molecule has 1 fully saturated rings. The Morgan fingerprint density at radius 1 is 1.15 bits per heavy atom. The van der Waals surface area contributed by atoms with Crippen molar-refractivity contribution in [3.8, 4) is 11.5 Å². The molecular weight excluding hydrogens is 444 g/mol. The third kappa shape index (κ3) is 3.39. The fourth-order valence-corrected chi connectivity index (χ4v) is 6.03. The van der Waals surface area contributed by atoms with Crippen LogP contribution in [0.3, 0.4) is 0 Å². The highest BCUT2D eigenvalue weighted by atomic mass is 32.2. The summed E-state index contributed by atoms with van der Waals surface area (Å²) < 4.78 is 18.7. The summed E-state index contributed by atoms with van der Waals surface area (Å²) in [5.74, 6) is 1.85. The van der Waals surface area contributed by atoms with Crippen LogP contribution in [0, 0.1) is 0 Å². The van der Waals surface area contributed by atoms with E-state index >= 15 is 0 Å². The number of aliphatic imine (C=N–C) groups is 1. The SMILES string of the molecule is CC1=Nc2c(c(=O)[nH]n2C2CCOC(C)(C)C2)C(c2cc3cc4c(cc3[nH]c2=O)OCO4)S1. The summed E-state index contributed by atoms with van der Waals surface area (Å²) in [4.78, 5) is 34.0. The van der Waals surface area contributed by atoms with E-state index in [0.29, 0.717) is 40.6 Å². The lowest BCUT2D eigenvalue weighted by Gasteiger charge is -2.36. The van der Waals surface area contributed by atoms with Gasteiger partial charge in [0.05, 0.1) is 33.0 Å². The summed E-state index contributed by atoms with van der Waals surface area (Å²) in [7, 11) is 0. The van der Waals surface area contributed by atoms with E-state index in [2.05, 4.69) is 23.9 Å². The van der Waals surface area contributed by atoms with Crippen molar-refractivity contribution in [2.45, 2.75) is 50.5 Å². The first-order valence-electron chi connectivity index (χ1n) is 11.0. The molecule has 0 aliphatic carbocycles. The molecule has 3 aromatic rings. The van der Waals surface area contributed by atoms with Gasteiger partial charge in [0.25, 0.3) is 11.1 Å². The zero-order chi connectivity index (χ0) is 22.9.